The minimum Gasteiger partial charge on any atom is -0.472 e. The van der Waals surface area contributed by atoms with E-state index < -0.39 is 0 Å². The molecule has 1 unspecified atom stereocenters. The van der Waals surface area contributed by atoms with Crippen LogP contribution in [-0.2, 0) is 11.3 Å². The lowest BCUT2D eigenvalue weighted by atomic mass is 10.0. The monoisotopic (exact) mass is 208 g/mol. The maximum Gasteiger partial charge on any atom is 0.237 e. The van der Waals surface area contributed by atoms with Gasteiger partial charge in [0, 0.05) is 12.1 Å². The minimum atomic E-state index is -0.00866. The molecule has 1 saturated heterocycles. The van der Waals surface area contributed by atoms with Crippen LogP contribution in [0.25, 0.3) is 0 Å². The molecule has 0 bridgehead atoms. The van der Waals surface area contributed by atoms with Gasteiger partial charge in [-0.15, -0.1) is 0 Å². The van der Waals surface area contributed by atoms with Crippen molar-refractivity contribution < 1.29 is 9.21 Å². The normalized spacial score (nSPS) is 21.2. The molecule has 1 atom stereocenters. The number of nitrogens with one attached hydrogen (secondary N) is 2. The van der Waals surface area contributed by atoms with Gasteiger partial charge in [-0.2, -0.15) is 0 Å². The Morgan fingerprint density at radius 1 is 1.60 bits per heavy atom. The van der Waals surface area contributed by atoms with Crippen LogP contribution in [0.3, 0.4) is 0 Å². The summed E-state index contributed by atoms with van der Waals surface area (Å²) in [6, 6.07) is 1.85. The van der Waals surface area contributed by atoms with Crippen molar-refractivity contribution in [2.75, 3.05) is 6.54 Å². The van der Waals surface area contributed by atoms with Crippen molar-refractivity contribution in [2.45, 2.75) is 31.8 Å². The average Bonchev–Trinajstić information content (AvgIpc) is 2.80. The molecule has 82 valence electrons. The molecular formula is C11H16N2O2. The van der Waals surface area contributed by atoms with Crippen molar-refractivity contribution in [2.24, 2.45) is 0 Å². The third-order valence-electron chi connectivity index (χ3n) is 2.67. The highest BCUT2D eigenvalue weighted by atomic mass is 16.3. The summed E-state index contributed by atoms with van der Waals surface area (Å²) in [6.07, 6.45) is 6.51. The Balaban J connectivity index is 1.76. The number of carbonyl (C=O) groups excluding carboxylic acids is 1. The van der Waals surface area contributed by atoms with Gasteiger partial charge in [0.05, 0.1) is 18.6 Å². The van der Waals surface area contributed by atoms with E-state index in [0.29, 0.717) is 6.54 Å². The Bertz CT molecular complexity index is 302. The number of hydrogen-bond donors (Lipinski definition) is 2. The van der Waals surface area contributed by atoms with E-state index in [1.54, 1.807) is 12.5 Å². The number of amides is 1. The van der Waals surface area contributed by atoms with E-state index in [0.717, 1.165) is 24.9 Å². The summed E-state index contributed by atoms with van der Waals surface area (Å²) in [5.41, 5.74) is 0.999. The summed E-state index contributed by atoms with van der Waals surface area (Å²) < 4.78 is 4.93. The Morgan fingerprint density at radius 3 is 3.20 bits per heavy atom. The average molecular weight is 208 g/mol. The second kappa shape index (κ2) is 4.98. The topological polar surface area (TPSA) is 54.3 Å². The predicted octanol–water partition coefficient (Wildman–Crippen LogP) is 1.04. The lowest BCUT2D eigenvalue weighted by Crippen LogP contribution is -2.46. The molecule has 0 radical (unpaired) electrons. The zero-order valence-corrected chi connectivity index (χ0v) is 8.66. The van der Waals surface area contributed by atoms with E-state index in [-0.39, 0.29) is 11.9 Å². The van der Waals surface area contributed by atoms with E-state index in [1.807, 2.05) is 6.07 Å². The molecular weight excluding hydrogens is 192 g/mol. The molecule has 1 aromatic rings. The molecule has 15 heavy (non-hydrogen) atoms. The predicted molar refractivity (Wildman–Crippen MR) is 56.2 cm³/mol. The Labute approximate surface area is 89.0 Å². The third-order valence-corrected chi connectivity index (χ3v) is 2.67. The SMILES string of the molecule is O=C(NCc1ccoc1)C1CCCCN1. The van der Waals surface area contributed by atoms with Gasteiger partial charge in [0.25, 0.3) is 0 Å². The van der Waals surface area contributed by atoms with E-state index in [2.05, 4.69) is 10.6 Å². The summed E-state index contributed by atoms with van der Waals surface area (Å²) in [4.78, 5) is 11.7. The maximum atomic E-state index is 11.7. The van der Waals surface area contributed by atoms with Gasteiger partial charge < -0.3 is 15.1 Å². The van der Waals surface area contributed by atoms with Crippen molar-refractivity contribution in [3.63, 3.8) is 0 Å². The van der Waals surface area contributed by atoms with E-state index in [4.69, 9.17) is 4.42 Å². The number of furan rings is 1. The number of carbonyl (C=O) groups is 1. The molecule has 4 heteroatoms. The summed E-state index contributed by atoms with van der Waals surface area (Å²) in [7, 11) is 0. The van der Waals surface area contributed by atoms with Gasteiger partial charge in [-0.05, 0) is 25.5 Å². The standard InChI is InChI=1S/C11H16N2O2/c14-11(10-3-1-2-5-12-10)13-7-9-4-6-15-8-9/h4,6,8,10,12H,1-3,5,7H2,(H,13,14). The van der Waals surface area contributed by atoms with Crippen LogP contribution in [0.2, 0.25) is 0 Å². The molecule has 1 fully saturated rings. The van der Waals surface area contributed by atoms with Gasteiger partial charge in [0.15, 0.2) is 0 Å². The van der Waals surface area contributed by atoms with Crippen molar-refractivity contribution in [1.82, 2.24) is 10.6 Å². The fraction of sp³-hybridized carbons (Fsp3) is 0.545. The van der Waals surface area contributed by atoms with E-state index >= 15 is 0 Å². The third kappa shape index (κ3) is 2.83. The van der Waals surface area contributed by atoms with Crippen LogP contribution in [0.5, 0.6) is 0 Å². The first-order chi connectivity index (χ1) is 7.36. The van der Waals surface area contributed by atoms with Crippen LogP contribution in [-0.4, -0.2) is 18.5 Å². The fourth-order valence-corrected chi connectivity index (χ4v) is 1.78. The van der Waals surface area contributed by atoms with Crippen molar-refractivity contribution in [1.29, 1.82) is 0 Å². The molecule has 1 aromatic heterocycles. The van der Waals surface area contributed by atoms with Crippen LogP contribution in [0.4, 0.5) is 0 Å². The molecule has 2 heterocycles. The summed E-state index contributed by atoms with van der Waals surface area (Å²) in [6.45, 7) is 1.50. The van der Waals surface area contributed by atoms with Crippen LogP contribution < -0.4 is 10.6 Å². The van der Waals surface area contributed by atoms with Crippen LogP contribution >= 0.6 is 0 Å². The van der Waals surface area contributed by atoms with Gasteiger partial charge >= 0.3 is 0 Å². The van der Waals surface area contributed by atoms with Crippen molar-refractivity contribution in [3.05, 3.63) is 24.2 Å². The van der Waals surface area contributed by atoms with Gasteiger partial charge in [-0.1, -0.05) is 6.42 Å². The molecule has 1 amide bonds. The van der Waals surface area contributed by atoms with E-state index in [9.17, 15) is 4.79 Å². The van der Waals surface area contributed by atoms with Crippen molar-refractivity contribution in [3.8, 4) is 0 Å². The molecule has 1 aliphatic heterocycles. The highest BCUT2D eigenvalue weighted by Crippen LogP contribution is 2.07. The van der Waals surface area contributed by atoms with Crippen LogP contribution in [0.15, 0.2) is 23.0 Å². The molecule has 2 N–H and O–H groups in total. The van der Waals surface area contributed by atoms with Crippen molar-refractivity contribution >= 4 is 5.91 Å². The van der Waals surface area contributed by atoms with E-state index in [1.165, 1.54) is 6.42 Å². The highest BCUT2D eigenvalue weighted by molar-refractivity contribution is 5.81. The number of piperidine rings is 1. The quantitative estimate of drug-likeness (QED) is 0.780. The van der Waals surface area contributed by atoms with Gasteiger partial charge in [0.2, 0.25) is 5.91 Å². The summed E-state index contributed by atoms with van der Waals surface area (Å²) in [5.74, 6) is 0.0934. The largest absolute Gasteiger partial charge is 0.472 e. The summed E-state index contributed by atoms with van der Waals surface area (Å²) >= 11 is 0. The summed E-state index contributed by atoms with van der Waals surface area (Å²) in [5, 5.41) is 6.11. The maximum absolute atomic E-state index is 11.7. The van der Waals surface area contributed by atoms with Gasteiger partial charge in [0.1, 0.15) is 0 Å². The number of rotatable bonds is 3. The molecule has 0 spiro atoms. The molecule has 0 saturated carbocycles. The minimum absolute atomic E-state index is 0.00866. The fourth-order valence-electron chi connectivity index (χ4n) is 1.78. The number of hydrogen-bond acceptors (Lipinski definition) is 3. The Morgan fingerprint density at radius 2 is 2.53 bits per heavy atom. The Kier molecular flexibility index (Phi) is 3.40. The molecule has 4 nitrogen and oxygen atoms in total. The Hall–Kier alpha value is -1.29. The second-order valence-electron chi connectivity index (χ2n) is 3.85. The first-order valence-electron chi connectivity index (χ1n) is 5.38. The molecule has 0 aliphatic carbocycles. The molecule has 2 rings (SSSR count). The first-order valence-corrected chi connectivity index (χ1v) is 5.38. The smallest absolute Gasteiger partial charge is 0.237 e. The van der Waals surface area contributed by atoms with Crippen LogP contribution in [0.1, 0.15) is 24.8 Å². The zero-order valence-electron chi connectivity index (χ0n) is 8.66. The first kappa shape index (κ1) is 10.2. The highest BCUT2D eigenvalue weighted by Gasteiger charge is 2.19. The second-order valence-corrected chi connectivity index (χ2v) is 3.85. The van der Waals surface area contributed by atoms with Gasteiger partial charge in [-0.25, -0.2) is 0 Å². The van der Waals surface area contributed by atoms with Crippen LogP contribution in [0, 0.1) is 0 Å². The lowest BCUT2D eigenvalue weighted by molar-refractivity contribution is -0.123. The lowest BCUT2D eigenvalue weighted by Gasteiger charge is -2.22. The van der Waals surface area contributed by atoms with Gasteiger partial charge in [-0.3, -0.25) is 4.79 Å². The molecule has 0 aromatic carbocycles. The zero-order chi connectivity index (χ0) is 10.5. The molecule has 1 aliphatic rings.